The van der Waals surface area contributed by atoms with Crippen LogP contribution >= 0.6 is 11.8 Å². The van der Waals surface area contributed by atoms with E-state index >= 15 is 0 Å². The van der Waals surface area contributed by atoms with Crippen LogP contribution < -0.4 is 10.9 Å². The molecule has 1 amide bonds. The second-order valence-electron chi connectivity index (χ2n) is 6.33. The quantitative estimate of drug-likeness (QED) is 0.666. The molecule has 1 aromatic carbocycles. The number of morpholine rings is 1. The van der Waals surface area contributed by atoms with Gasteiger partial charge in [-0.05, 0) is 23.8 Å². The van der Waals surface area contributed by atoms with Crippen LogP contribution in [0.4, 0.5) is 8.78 Å². The fraction of sp³-hybridized carbons (Fsp3) is 0.389. The van der Waals surface area contributed by atoms with Gasteiger partial charge in [0.1, 0.15) is 5.03 Å². The van der Waals surface area contributed by atoms with Crippen LogP contribution in [0.3, 0.4) is 0 Å². The van der Waals surface area contributed by atoms with E-state index in [0.29, 0.717) is 43.4 Å². The minimum Gasteiger partial charge on any atom is -0.374 e. The molecule has 0 unspecified atom stereocenters. The van der Waals surface area contributed by atoms with Crippen LogP contribution in [0, 0.1) is 11.6 Å². The molecule has 0 spiro atoms. The predicted molar refractivity (Wildman–Crippen MR) is 100.0 cm³/mol. The number of H-pyrrole nitrogens is 1. The van der Waals surface area contributed by atoms with Gasteiger partial charge in [-0.2, -0.15) is 5.10 Å². The number of rotatable bonds is 7. The van der Waals surface area contributed by atoms with Crippen molar-refractivity contribution in [2.24, 2.45) is 0 Å². The van der Waals surface area contributed by atoms with Crippen LogP contribution in [-0.4, -0.2) is 59.1 Å². The maximum atomic E-state index is 13.3. The molecule has 1 atom stereocenters. The Labute approximate surface area is 164 Å². The summed E-state index contributed by atoms with van der Waals surface area (Å²) in [5.41, 5.74) is 0.393. The van der Waals surface area contributed by atoms with Gasteiger partial charge in [0.15, 0.2) is 11.6 Å². The summed E-state index contributed by atoms with van der Waals surface area (Å²) < 4.78 is 32.0. The van der Waals surface area contributed by atoms with Crippen molar-refractivity contribution in [3.05, 3.63) is 57.9 Å². The van der Waals surface area contributed by atoms with E-state index in [0.717, 1.165) is 6.07 Å². The normalized spacial score (nSPS) is 17.4. The SMILES string of the molecule is O=C(CSc1ccc(=O)[nH]n1)NC[C@H]1CN(Cc2ccc(F)c(F)c2)CCO1. The number of hydrogen-bond acceptors (Lipinski definition) is 6. The third-order valence-electron chi connectivity index (χ3n) is 4.14. The summed E-state index contributed by atoms with van der Waals surface area (Å²) in [5.74, 6) is -1.71. The van der Waals surface area contributed by atoms with Crippen molar-refractivity contribution in [1.82, 2.24) is 20.4 Å². The van der Waals surface area contributed by atoms with Crippen LogP contribution in [0.5, 0.6) is 0 Å². The maximum absolute atomic E-state index is 13.3. The highest BCUT2D eigenvalue weighted by Crippen LogP contribution is 2.14. The highest BCUT2D eigenvalue weighted by atomic mass is 32.2. The molecule has 1 aromatic heterocycles. The molecule has 1 saturated heterocycles. The first kappa shape index (κ1) is 20.4. The Kier molecular flexibility index (Phi) is 7.12. The molecule has 28 heavy (non-hydrogen) atoms. The van der Waals surface area contributed by atoms with Crippen LogP contribution in [0.15, 0.2) is 40.2 Å². The molecule has 10 heteroatoms. The fourth-order valence-electron chi connectivity index (χ4n) is 2.77. The molecule has 150 valence electrons. The number of nitrogens with one attached hydrogen (secondary N) is 2. The summed E-state index contributed by atoms with van der Waals surface area (Å²) >= 11 is 1.22. The topological polar surface area (TPSA) is 87.3 Å². The molecular formula is C18H20F2N4O3S. The van der Waals surface area contributed by atoms with E-state index in [2.05, 4.69) is 20.4 Å². The van der Waals surface area contributed by atoms with E-state index < -0.39 is 11.6 Å². The molecule has 2 heterocycles. The Morgan fingerprint density at radius 3 is 2.93 bits per heavy atom. The number of carbonyl (C=O) groups excluding carboxylic acids is 1. The summed E-state index contributed by atoms with van der Waals surface area (Å²) in [7, 11) is 0. The van der Waals surface area contributed by atoms with E-state index in [9.17, 15) is 18.4 Å². The summed E-state index contributed by atoms with van der Waals surface area (Å²) in [5, 5.41) is 9.51. The summed E-state index contributed by atoms with van der Waals surface area (Å²) in [6, 6.07) is 6.79. The lowest BCUT2D eigenvalue weighted by Gasteiger charge is -2.33. The molecule has 7 nitrogen and oxygen atoms in total. The van der Waals surface area contributed by atoms with Crippen LogP contribution in [0.25, 0.3) is 0 Å². The molecule has 0 bridgehead atoms. The first-order valence-corrected chi connectivity index (χ1v) is 9.71. The number of aromatic nitrogens is 2. The summed E-state index contributed by atoms with van der Waals surface area (Å²) in [4.78, 5) is 25.0. The van der Waals surface area contributed by atoms with Crippen molar-refractivity contribution in [2.45, 2.75) is 17.7 Å². The second-order valence-corrected chi connectivity index (χ2v) is 7.32. The molecule has 2 N–H and O–H groups in total. The predicted octanol–water partition coefficient (Wildman–Crippen LogP) is 1.16. The molecule has 3 rings (SSSR count). The van der Waals surface area contributed by atoms with Gasteiger partial charge in [-0.1, -0.05) is 17.8 Å². The van der Waals surface area contributed by atoms with Crippen molar-refractivity contribution < 1.29 is 18.3 Å². The first-order chi connectivity index (χ1) is 13.5. The summed E-state index contributed by atoms with van der Waals surface area (Å²) in [6.45, 7) is 2.59. The average Bonchev–Trinajstić information content (AvgIpc) is 2.69. The van der Waals surface area contributed by atoms with Gasteiger partial charge in [-0.15, -0.1) is 0 Å². The minimum atomic E-state index is -0.860. The Morgan fingerprint density at radius 1 is 1.32 bits per heavy atom. The van der Waals surface area contributed by atoms with E-state index in [-0.39, 0.29) is 23.3 Å². The van der Waals surface area contributed by atoms with Crippen molar-refractivity contribution in [3.63, 3.8) is 0 Å². The molecule has 0 aliphatic carbocycles. The van der Waals surface area contributed by atoms with Crippen molar-refractivity contribution in [2.75, 3.05) is 32.0 Å². The standard InChI is InChI=1S/C18H20F2N4O3S/c19-14-2-1-12(7-15(14)20)9-24-5-6-27-13(10-24)8-21-17(26)11-28-18-4-3-16(25)22-23-18/h1-4,7,13H,5-6,8-11H2,(H,21,26)(H,22,25)/t13-/m0/s1. The third kappa shape index (κ3) is 6.11. The summed E-state index contributed by atoms with van der Waals surface area (Å²) in [6.07, 6.45) is -0.181. The number of aromatic amines is 1. The number of amides is 1. The van der Waals surface area contributed by atoms with Gasteiger partial charge < -0.3 is 10.1 Å². The molecule has 0 saturated carbocycles. The van der Waals surface area contributed by atoms with Crippen molar-refractivity contribution in [3.8, 4) is 0 Å². The van der Waals surface area contributed by atoms with Crippen molar-refractivity contribution >= 4 is 17.7 Å². The van der Waals surface area contributed by atoms with Gasteiger partial charge in [0.05, 0.1) is 18.5 Å². The Hall–Kier alpha value is -2.30. The number of carbonyl (C=O) groups is 1. The highest BCUT2D eigenvalue weighted by Gasteiger charge is 2.21. The number of nitrogens with zero attached hydrogens (tertiary/aromatic N) is 2. The molecule has 1 aliphatic heterocycles. The second kappa shape index (κ2) is 9.76. The van der Waals surface area contributed by atoms with Gasteiger partial charge in [-0.25, -0.2) is 13.9 Å². The molecule has 0 radical (unpaired) electrons. The molecule has 1 aliphatic rings. The maximum Gasteiger partial charge on any atom is 0.264 e. The minimum absolute atomic E-state index is 0.167. The lowest BCUT2D eigenvalue weighted by Crippen LogP contribution is -2.47. The van der Waals surface area contributed by atoms with Gasteiger partial charge in [-0.3, -0.25) is 14.5 Å². The zero-order valence-corrected chi connectivity index (χ0v) is 15.8. The Bertz CT molecular complexity index is 860. The van der Waals surface area contributed by atoms with E-state index in [1.807, 2.05) is 0 Å². The van der Waals surface area contributed by atoms with Crippen molar-refractivity contribution in [1.29, 1.82) is 0 Å². The molecule has 2 aromatic rings. The van der Waals surface area contributed by atoms with Crippen LogP contribution in [0.2, 0.25) is 0 Å². The highest BCUT2D eigenvalue weighted by molar-refractivity contribution is 7.99. The monoisotopic (exact) mass is 410 g/mol. The van der Waals surface area contributed by atoms with Gasteiger partial charge >= 0.3 is 0 Å². The van der Waals surface area contributed by atoms with Crippen LogP contribution in [0.1, 0.15) is 5.56 Å². The van der Waals surface area contributed by atoms with E-state index in [1.165, 1.54) is 23.9 Å². The third-order valence-corrected chi connectivity index (χ3v) is 5.07. The Balaban J connectivity index is 1.41. The van der Waals surface area contributed by atoms with Gasteiger partial charge in [0.25, 0.3) is 5.56 Å². The zero-order valence-electron chi connectivity index (χ0n) is 15.0. The lowest BCUT2D eigenvalue weighted by molar-refractivity contribution is -0.119. The fourth-order valence-corrected chi connectivity index (χ4v) is 3.43. The largest absolute Gasteiger partial charge is 0.374 e. The average molecular weight is 410 g/mol. The van der Waals surface area contributed by atoms with Gasteiger partial charge in [0.2, 0.25) is 5.91 Å². The van der Waals surface area contributed by atoms with Gasteiger partial charge in [0, 0.05) is 32.2 Å². The number of benzene rings is 1. The Morgan fingerprint density at radius 2 is 2.18 bits per heavy atom. The molecule has 1 fully saturated rings. The van der Waals surface area contributed by atoms with E-state index in [1.54, 1.807) is 12.1 Å². The number of halogens is 2. The van der Waals surface area contributed by atoms with E-state index in [4.69, 9.17) is 4.74 Å². The lowest BCUT2D eigenvalue weighted by atomic mass is 10.1. The number of thioether (sulfide) groups is 1. The smallest absolute Gasteiger partial charge is 0.264 e. The zero-order chi connectivity index (χ0) is 19.9. The first-order valence-electron chi connectivity index (χ1n) is 8.73. The number of hydrogen-bond donors (Lipinski definition) is 2. The number of ether oxygens (including phenoxy) is 1. The molecular weight excluding hydrogens is 390 g/mol. The van der Waals surface area contributed by atoms with Crippen LogP contribution in [-0.2, 0) is 16.1 Å².